The molecule has 1 N–H and O–H groups in total. The number of nitriles is 1. The zero-order chi connectivity index (χ0) is 17.2. The molecule has 0 radical (unpaired) electrons. The van der Waals surface area contributed by atoms with Crippen molar-refractivity contribution in [1.82, 2.24) is 4.98 Å². The SMILES string of the molecule is CC.CC#N.CN(c1ccc2c(c1)COB2O)c1ccccn1. The molecule has 2 heterocycles. The number of hydrogen-bond acceptors (Lipinski definition) is 5. The molecule has 5 nitrogen and oxygen atoms in total. The van der Waals surface area contributed by atoms with E-state index in [4.69, 9.17) is 9.92 Å². The van der Waals surface area contributed by atoms with Gasteiger partial charge in [-0.1, -0.05) is 26.0 Å². The highest BCUT2D eigenvalue weighted by atomic mass is 16.5. The Bertz CT molecular complexity index is 644. The van der Waals surface area contributed by atoms with Crippen molar-refractivity contribution in [2.24, 2.45) is 0 Å². The first-order valence-corrected chi connectivity index (χ1v) is 7.55. The summed E-state index contributed by atoms with van der Waals surface area (Å²) in [6, 6.07) is 13.5. The van der Waals surface area contributed by atoms with Gasteiger partial charge in [0.05, 0.1) is 12.7 Å². The lowest BCUT2D eigenvalue weighted by molar-refractivity contribution is 0.275. The van der Waals surface area contributed by atoms with Gasteiger partial charge in [-0.15, -0.1) is 0 Å². The highest BCUT2D eigenvalue weighted by Gasteiger charge is 2.27. The summed E-state index contributed by atoms with van der Waals surface area (Å²) in [5, 5.41) is 16.9. The molecule has 120 valence electrons. The van der Waals surface area contributed by atoms with Gasteiger partial charge in [-0.25, -0.2) is 4.98 Å². The Morgan fingerprint density at radius 3 is 2.61 bits per heavy atom. The van der Waals surface area contributed by atoms with Crippen LogP contribution < -0.4 is 10.4 Å². The number of anilines is 2. The summed E-state index contributed by atoms with van der Waals surface area (Å²) in [6.45, 7) is 5.89. The minimum atomic E-state index is -0.783. The number of pyridine rings is 1. The van der Waals surface area contributed by atoms with Crippen LogP contribution in [0.2, 0.25) is 0 Å². The molecule has 0 unspecified atom stereocenters. The highest BCUT2D eigenvalue weighted by Crippen LogP contribution is 2.23. The first-order valence-electron chi connectivity index (χ1n) is 7.55. The lowest BCUT2D eigenvalue weighted by Gasteiger charge is -2.18. The maximum absolute atomic E-state index is 9.58. The van der Waals surface area contributed by atoms with E-state index in [0.717, 1.165) is 22.5 Å². The quantitative estimate of drug-likeness (QED) is 0.863. The molecular formula is C17H22BN3O2. The van der Waals surface area contributed by atoms with E-state index >= 15 is 0 Å². The summed E-state index contributed by atoms with van der Waals surface area (Å²) in [5.41, 5.74) is 2.92. The van der Waals surface area contributed by atoms with E-state index in [1.807, 2.05) is 62.2 Å². The fraction of sp³-hybridized carbons (Fsp3) is 0.294. The average molecular weight is 311 g/mol. The fourth-order valence-corrected chi connectivity index (χ4v) is 2.11. The van der Waals surface area contributed by atoms with Gasteiger partial charge in [-0.2, -0.15) is 5.26 Å². The third-order valence-corrected chi connectivity index (χ3v) is 3.17. The Balaban J connectivity index is 0.000000477. The summed E-state index contributed by atoms with van der Waals surface area (Å²) in [7, 11) is 1.19. The van der Waals surface area contributed by atoms with Gasteiger partial charge in [-0.3, -0.25) is 0 Å². The monoisotopic (exact) mass is 311 g/mol. The van der Waals surface area contributed by atoms with Crippen LogP contribution in [0.1, 0.15) is 26.3 Å². The third kappa shape index (κ3) is 4.81. The fourth-order valence-electron chi connectivity index (χ4n) is 2.11. The Morgan fingerprint density at radius 2 is 2.00 bits per heavy atom. The molecular weight excluding hydrogens is 289 g/mol. The van der Waals surface area contributed by atoms with Gasteiger partial charge in [0, 0.05) is 25.9 Å². The van der Waals surface area contributed by atoms with Crippen molar-refractivity contribution in [2.75, 3.05) is 11.9 Å². The van der Waals surface area contributed by atoms with E-state index in [1.54, 1.807) is 12.3 Å². The number of aromatic nitrogens is 1. The van der Waals surface area contributed by atoms with E-state index < -0.39 is 7.12 Å². The van der Waals surface area contributed by atoms with Gasteiger partial charge >= 0.3 is 7.12 Å². The number of fused-ring (bicyclic) bond motifs is 1. The van der Waals surface area contributed by atoms with Crippen LogP contribution in [0.25, 0.3) is 0 Å². The van der Waals surface area contributed by atoms with E-state index in [-0.39, 0.29) is 0 Å². The van der Waals surface area contributed by atoms with Gasteiger partial charge in [0.1, 0.15) is 5.82 Å². The van der Waals surface area contributed by atoms with Crippen LogP contribution in [0, 0.1) is 11.3 Å². The smallest absolute Gasteiger partial charge is 0.423 e. The van der Waals surface area contributed by atoms with Gasteiger partial charge in [0.2, 0.25) is 0 Å². The summed E-state index contributed by atoms with van der Waals surface area (Å²) in [5.74, 6) is 0.886. The van der Waals surface area contributed by atoms with Crippen molar-refractivity contribution >= 4 is 24.1 Å². The molecule has 0 saturated carbocycles. The van der Waals surface area contributed by atoms with Crippen LogP contribution in [0.15, 0.2) is 42.6 Å². The molecule has 2 aromatic rings. The van der Waals surface area contributed by atoms with Gasteiger partial charge < -0.3 is 14.6 Å². The van der Waals surface area contributed by atoms with Crippen LogP contribution in [0.3, 0.4) is 0 Å². The molecule has 0 amide bonds. The molecule has 0 saturated heterocycles. The normalized spacial score (nSPS) is 11.2. The standard InChI is InChI=1S/C13H13BN2O2.C2H3N.C2H6/c1-16(13-4-2-3-7-15-13)11-5-6-12-10(8-11)9-18-14(12)17;1-2-3;1-2/h2-8,17H,9H2,1H3;1H3;1-2H3. The molecule has 1 aromatic heterocycles. The van der Waals surface area contributed by atoms with Crippen molar-refractivity contribution in [3.05, 3.63) is 48.2 Å². The molecule has 1 aliphatic heterocycles. The van der Waals surface area contributed by atoms with Gasteiger partial charge in [-0.05, 0) is 35.3 Å². The molecule has 0 aliphatic carbocycles. The van der Waals surface area contributed by atoms with Crippen molar-refractivity contribution in [2.45, 2.75) is 27.4 Å². The third-order valence-electron chi connectivity index (χ3n) is 3.17. The number of nitrogens with zero attached hydrogens (tertiary/aromatic N) is 3. The Labute approximate surface area is 138 Å². The minimum Gasteiger partial charge on any atom is -0.423 e. The van der Waals surface area contributed by atoms with E-state index in [2.05, 4.69) is 4.98 Å². The topological polar surface area (TPSA) is 69.4 Å². The largest absolute Gasteiger partial charge is 0.491 e. The first-order chi connectivity index (χ1) is 11.2. The lowest BCUT2D eigenvalue weighted by Crippen LogP contribution is -2.28. The highest BCUT2D eigenvalue weighted by molar-refractivity contribution is 6.61. The Kier molecular flexibility index (Phi) is 7.82. The predicted octanol–water partition coefficient (Wildman–Crippen LogP) is 2.62. The second kappa shape index (κ2) is 9.62. The summed E-state index contributed by atoms with van der Waals surface area (Å²) in [4.78, 5) is 6.31. The molecule has 1 aliphatic rings. The Hall–Kier alpha value is -2.36. The van der Waals surface area contributed by atoms with Crippen LogP contribution in [-0.2, 0) is 11.3 Å². The van der Waals surface area contributed by atoms with Crippen LogP contribution in [0.4, 0.5) is 11.5 Å². The van der Waals surface area contributed by atoms with Crippen molar-refractivity contribution < 1.29 is 9.68 Å². The number of benzene rings is 1. The summed E-state index contributed by atoms with van der Waals surface area (Å²) < 4.78 is 5.19. The van der Waals surface area contributed by atoms with Crippen molar-refractivity contribution in [3.63, 3.8) is 0 Å². The summed E-state index contributed by atoms with van der Waals surface area (Å²) >= 11 is 0. The molecule has 3 rings (SSSR count). The van der Waals surface area contributed by atoms with Crippen LogP contribution >= 0.6 is 0 Å². The maximum atomic E-state index is 9.58. The first kappa shape index (κ1) is 18.7. The minimum absolute atomic E-state index is 0.459. The molecule has 0 spiro atoms. The summed E-state index contributed by atoms with van der Waals surface area (Å²) in [6.07, 6.45) is 1.77. The van der Waals surface area contributed by atoms with Crippen LogP contribution in [0.5, 0.6) is 0 Å². The lowest BCUT2D eigenvalue weighted by atomic mass is 9.79. The molecule has 23 heavy (non-hydrogen) atoms. The average Bonchev–Trinajstić information content (AvgIpc) is 2.98. The van der Waals surface area contributed by atoms with Gasteiger partial charge in [0.25, 0.3) is 0 Å². The molecule has 0 bridgehead atoms. The second-order valence-electron chi connectivity index (χ2n) is 4.52. The zero-order valence-electron chi connectivity index (χ0n) is 14.0. The van der Waals surface area contributed by atoms with Crippen LogP contribution in [-0.4, -0.2) is 24.2 Å². The molecule has 6 heteroatoms. The van der Waals surface area contributed by atoms with E-state index in [9.17, 15) is 5.02 Å². The predicted molar refractivity (Wildman–Crippen MR) is 93.8 cm³/mol. The van der Waals surface area contributed by atoms with Gasteiger partial charge in [0.15, 0.2) is 0 Å². The molecule has 0 atom stereocenters. The van der Waals surface area contributed by atoms with Crippen molar-refractivity contribution in [1.29, 1.82) is 5.26 Å². The Morgan fingerprint density at radius 1 is 1.30 bits per heavy atom. The zero-order valence-corrected chi connectivity index (χ0v) is 14.0. The number of hydrogen-bond donors (Lipinski definition) is 1. The maximum Gasteiger partial charge on any atom is 0.491 e. The van der Waals surface area contributed by atoms with E-state index in [1.165, 1.54) is 6.92 Å². The van der Waals surface area contributed by atoms with Crippen molar-refractivity contribution in [3.8, 4) is 6.07 Å². The van der Waals surface area contributed by atoms with E-state index in [0.29, 0.717) is 6.61 Å². The second-order valence-corrected chi connectivity index (χ2v) is 4.52. The molecule has 1 aromatic carbocycles. The molecule has 0 fully saturated rings. The number of rotatable bonds is 2.